The van der Waals surface area contributed by atoms with Crippen LogP contribution in [0, 0.1) is 0 Å². The molecule has 0 aromatic heterocycles. The summed E-state index contributed by atoms with van der Waals surface area (Å²) in [4.78, 5) is 0. The Balaban J connectivity index is 3.96. The largest absolute Gasteiger partial charge is 0.390 e. The minimum atomic E-state index is -1.07. The van der Waals surface area contributed by atoms with Gasteiger partial charge in [-0.25, -0.2) is 0 Å². The molecular weight excluding hydrogens is 267 g/mol. The van der Waals surface area contributed by atoms with E-state index in [1.807, 2.05) is 22.6 Å². The van der Waals surface area contributed by atoms with Crippen LogP contribution in [-0.2, 0) is 0 Å². The van der Waals surface area contributed by atoms with Crippen LogP contribution in [-0.4, -0.2) is 21.9 Å². The number of aliphatic hydroxyl groups excluding tert-OH is 1. The highest BCUT2D eigenvalue weighted by atomic mass is 127. The lowest BCUT2D eigenvalue weighted by Crippen LogP contribution is -2.36. The van der Waals surface area contributed by atoms with Crippen molar-refractivity contribution in [2.75, 3.05) is 0 Å². The molecule has 0 heterocycles. The molecule has 0 fully saturated rings. The van der Waals surface area contributed by atoms with Crippen molar-refractivity contribution in [1.82, 2.24) is 0 Å². The van der Waals surface area contributed by atoms with Gasteiger partial charge in [0.15, 0.2) is 0 Å². The van der Waals surface area contributed by atoms with Gasteiger partial charge in [0.25, 0.3) is 0 Å². The maximum absolute atomic E-state index is 9.67. The monoisotopic (exact) mass is 284 g/mol. The number of unbranched alkanes of at least 4 members (excludes halogenated alkanes) is 1. The molecule has 2 atom stereocenters. The van der Waals surface area contributed by atoms with E-state index < -0.39 is 11.7 Å². The third kappa shape index (κ3) is 4.42. The molecule has 2 N–H and O–H groups in total. The molecule has 2 nitrogen and oxygen atoms in total. The number of aliphatic hydroxyl groups is 2. The van der Waals surface area contributed by atoms with E-state index in [0.717, 1.165) is 12.8 Å². The molecule has 3 heteroatoms. The zero-order valence-corrected chi connectivity index (χ0v) is 9.78. The van der Waals surface area contributed by atoms with E-state index in [9.17, 15) is 10.2 Å². The Morgan fingerprint density at radius 2 is 2.17 bits per heavy atom. The van der Waals surface area contributed by atoms with Crippen molar-refractivity contribution in [1.29, 1.82) is 0 Å². The second-order valence-corrected chi connectivity index (χ2v) is 3.90. The second kappa shape index (κ2) is 5.94. The van der Waals surface area contributed by atoms with E-state index in [1.54, 1.807) is 17.1 Å². The van der Waals surface area contributed by atoms with Crippen molar-refractivity contribution in [3.05, 3.63) is 10.2 Å². The van der Waals surface area contributed by atoms with Gasteiger partial charge in [0.2, 0.25) is 0 Å². The number of rotatable bonds is 5. The zero-order chi connectivity index (χ0) is 9.61. The van der Waals surface area contributed by atoms with Crippen LogP contribution in [0.25, 0.3) is 0 Å². The maximum Gasteiger partial charge on any atom is 0.106 e. The summed E-state index contributed by atoms with van der Waals surface area (Å²) in [5.41, 5.74) is -1.07. The van der Waals surface area contributed by atoms with Gasteiger partial charge in [0, 0.05) is 0 Å². The lowest BCUT2D eigenvalue weighted by Gasteiger charge is -2.25. The number of halogens is 1. The summed E-state index contributed by atoms with van der Waals surface area (Å²) in [6, 6.07) is 0. The van der Waals surface area contributed by atoms with Crippen molar-refractivity contribution < 1.29 is 10.2 Å². The van der Waals surface area contributed by atoms with Gasteiger partial charge in [0.05, 0.1) is 6.10 Å². The molecule has 0 aliphatic rings. The Bertz CT molecular complexity index is 143. The van der Waals surface area contributed by atoms with Crippen LogP contribution in [0.2, 0.25) is 0 Å². The molecule has 0 aromatic rings. The van der Waals surface area contributed by atoms with Gasteiger partial charge >= 0.3 is 0 Å². The Labute approximate surface area is 87.8 Å². The summed E-state index contributed by atoms with van der Waals surface area (Å²) in [5, 5.41) is 19.2. The van der Waals surface area contributed by atoms with Crippen LogP contribution in [0.3, 0.4) is 0 Å². The van der Waals surface area contributed by atoms with Crippen LogP contribution >= 0.6 is 22.6 Å². The van der Waals surface area contributed by atoms with Gasteiger partial charge in [0.1, 0.15) is 5.60 Å². The minimum Gasteiger partial charge on any atom is -0.390 e. The summed E-state index contributed by atoms with van der Waals surface area (Å²) < 4.78 is 1.73. The molecule has 72 valence electrons. The molecule has 12 heavy (non-hydrogen) atoms. The highest BCUT2D eigenvalue weighted by Crippen LogP contribution is 2.17. The summed E-state index contributed by atoms with van der Waals surface area (Å²) in [7, 11) is 0. The van der Waals surface area contributed by atoms with Gasteiger partial charge in [-0.3, -0.25) is 0 Å². The summed E-state index contributed by atoms with van der Waals surface area (Å²) in [6.45, 7) is 3.69. The first kappa shape index (κ1) is 12.4. The fraction of sp³-hybridized carbons (Fsp3) is 0.778. The van der Waals surface area contributed by atoms with Crippen molar-refractivity contribution in [3.63, 3.8) is 0 Å². The van der Waals surface area contributed by atoms with E-state index in [0.29, 0.717) is 6.42 Å². The van der Waals surface area contributed by atoms with Gasteiger partial charge in [-0.2, -0.15) is 0 Å². The predicted molar refractivity (Wildman–Crippen MR) is 59.3 cm³/mol. The van der Waals surface area contributed by atoms with Crippen molar-refractivity contribution >= 4 is 22.6 Å². The summed E-state index contributed by atoms with van der Waals surface area (Å²) in [5.74, 6) is 0. The molecular formula is C9H17IO2. The predicted octanol–water partition coefficient (Wildman–Crippen LogP) is 2.24. The molecule has 0 spiro atoms. The molecule has 0 radical (unpaired) electrons. The van der Waals surface area contributed by atoms with E-state index >= 15 is 0 Å². The molecule has 2 unspecified atom stereocenters. The third-order valence-electron chi connectivity index (χ3n) is 1.91. The Hall–Kier alpha value is 0.390. The molecule has 0 saturated carbocycles. The first-order valence-corrected chi connectivity index (χ1v) is 5.47. The molecule has 0 bridgehead atoms. The Morgan fingerprint density at radius 1 is 1.58 bits per heavy atom. The lowest BCUT2D eigenvalue weighted by atomic mass is 9.95. The molecule has 0 rings (SSSR count). The van der Waals surface area contributed by atoms with Crippen molar-refractivity contribution in [2.45, 2.75) is 44.8 Å². The van der Waals surface area contributed by atoms with Gasteiger partial charge in [-0.15, -0.1) is 0 Å². The van der Waals surface area contributed by atoms with Crippen LogP contribution < -0.4 is 0 Å². The molecule has 0 saturated heterocycles. The van der Waals surface area contributed by atoms with Gasteiger partial charge in [-0.1, -0.05) is 42.4 Å². The van der Waals surface area contributed by atoms with Crippen LogP contribution in [0.4, 0.5) is 0 Å². The standard InChI is InChI=1S/C9H17IO2/c1-3-4-5-8(11)9(2,12)6-7-10/h6-8,11-12H,3-5H2,1-2H3. The molecule has 0 amide bonds. The van der Waals surface area contributed by atoms with Crippen LogP contribution in [0.1, 0.15) is 33.1 Å². The Morgan fingerprint density at radius 3 is 2.58 bits per heavy atom. The fourth-order valence-electron chi connectivity index (χ4n) is 0.928. The lowest BCUT2D eigenvalue weighted by molar-refractivity contribution is -0.0306. The maximum atomic E-state index is 9.67. The average Bonchev–Trinajstić information content (AvgIpc) is 2.00. The average molecular weight is 284 g/mol. The van der Waals surface area contributed by atoms with Gasteiger partial charge < -0.3 is 10.2 Å². The van der Waals surface area contributed by atoms with Crippen LogP contribution in [0.15, 0.2) is 10.2 Å². The SMILES string of the molecule is CCCCC(O)C(C)(O)C=CI. The van der Waals surface area contributed by atoms with E-state index in [4.69, 9.17) is 0 Å². The van der Waals surface area contributed by atoms with E-state index in [-0.39, 0.29) is 0 Å². The van der Waals surface area contributed by atoms with Crippen LogP contribution in [0.5, 0.6) is 0 Å². The molecule has 0 aliphatic heterocycles. The molecule has 0 aromatic carbocycles. The first-order valence-electron chi connectivity index (χ1n) is 4.23. The second-order valence-electron chi connectivity index (χ2n) is 3.18. The third-order valence-corrected chi connectivity index (χ3v) is 2.27. The summed E-state index contributed by atoms with van der Waals surface area (Å²) >= 11 is 2.03. The highest BCUT2D eigenvalue weighted by molar-refractivity contribution is 14.1. The quantitative estimate of drug-likeness (QED) is 0.760. The Kier molecular flexibility index (Phi) is 6.13. The normalized spacial score (nSPS) is 19.4. The number of hydrogen-bond acceptors (Lipinski definition) is 2. The van der Waals surface area contributed by atoms with Crippen molar-refractivity contribution in [3.8, 4) is 0 Å². The highest BCUT2D eigenvalue weighted by Gasteiger charge is 2.26. The number of hydrogen-bond donors (Lipinski definition) is 2. The fourth-order valence-corrected chi connectivity index (χ4v) is 1.66. The minimum absolute atomic E-state index is 0.650. The molecule has 0 aliphatic carbocycles. The van der Waals surface area contributed by atoms with E-state index in [1.165, 1.54) is 0 Å². The zero-order valence-electron chi connectivity index (χ0n) is 7.63. The summed E-state index contributed by atoms with van der Waals surface area (Å²) in [6.07, 6.45) is 3.62. The van der Waals surface area contributed by atoms with Crippen molar-refractivity contribution in [2.24, 2.45) is 0 Å². The topological polar surface area (TPSA) is 40.5 Å². The first-order chi connectivity index (χ1) is 5.54. The van der Waals surface area contributed by atoms with E-state index in [2.05, 4.69) is 6.92 Å². The van der Waals surface area contributed by atoms with Gasteiger partial charge in [-0.05, 0) is 23.5 Å². The smallest absolute Gasteiger partial charge is 0.106 e.